The fraction of sp³-hybridized carbons (Fsp3) is 0.400. The molecule has 0 spiro atoms. The number of nitriles is 1. The van der Waals surface area contributed by atoms with Crippen molar-refractivity contribution in [2.45, 2.75) is 83.8 Å². The van der Waals surface area contributed by atoms with Gasteiger partial charge in [-0.05, 0) is 99.6 Å². The van der Waals surface area contributed by atoms with Crippen LogP contribution in [-0.4, -0.2) is 41.2 Å². The van der Waals surface area contributed by atoms with Crippen LogP contribution in [0.1, 0.15) is 85.6 Å². The van der Waals surface area contributed by atoms with Crippen LogP contribution < -0.4 is 33.9 Å². The second-order valence-electron chi connectivity index (χ2n) is 13.7. The largest absolute Gasteiger partial charge is 0.399 e. The second kappa shape index (κ2) is 17.0. The van der Waals surface area contributed by atoms with Crippen LogP contribution in [0.5, 0.6) is 0 Å². The predicted octanol–water partition coefficient (Wildman–Crippen LogP) is 4.11. The van der Waals surface area contributed by atoms with Crippen molar-refractivity contribution in [2.24, 2.45) is 40.1 Å². The van der Waals surface area contributed by atoms with Gasteiger partial charge in [0.1, 0.15) is 6.04 Å². The Morgan fingerprint density at radius 3 is 2.27 bits per heavy atom. The summed E-state index contributed by atoms with van der Waals surface area (Å²) in [6, 6.07) is 15.5. The normalized spacial score (nSPS) is 23.7. The highest BCUT2D eigenvalue weighted by Gasteiger charge is 2.60. The number of nitrogens with two attached hydrogens (primary N) is 4. The lowest BCUT2D eigenvalue weighted by molar-refractivity contribution is -0.131. The number of nitrogens with zero attached hydrogens (tertiary/aromatic N) is 3. The number of hydrazone groups is 1. The Bertz CT molecular complexity index is 1760. The highest BCUT2D eigenvalue weighted by atomic mass is 16.2. The molecule has 1 saturated carbocycles. The molecule has 5 unspecified atom stereocenters. The number of carbonyl (C=O) groups is 2. The summed E-state index contributed by atoms with van der Waals surface area (Å²) in [5.41, 5.74) is 20.7. The van der Waals surface area contributed by atoms with Crippen LogP contribution >= 0.6 is 0 Å². The van der Waals surface area contributed by atoms with E-state index in [1.54, 1.807) is 11.0 Å². The van der Waals surface area contributed by atoms with Crippen molar-refractivity contribution in [2.75, 3.05) is 6.54 Å². The Balaban J connectivity index is 0.000000796. The zero-order valence-electron chi connectivity index (χ0n) is 30.5. The molecule has 0 radical (unpaired) electrons. The molecule has 10 N–H and O–H groups in total. The van der Waals surface area contributed by atoms with E-state index in [0.717, 1.165) is 51.8 Å². The van der Waals surface area contributed by atoms with Crippen LogP contribution in [0.25, 0.3) is 0 Å². The molecule has 6 atom stereocenters. The van der Waals surface area contributed by atoms with Crippen LogP contribution in [0.4, 0.5) is 0 Å². The minimum Gasteiger partial charge on any atom is -0.399 e. The SMILES string of the molecule is C#C.C=C(C)C(=C)N.CC1=C(C)C(C[C@H](NCC(=O)N2C(C#N)CC3C(C)C32)c2ccc(C)cc2)(/C(=N/N)NN)c2ccc(C(N)=O)cc2CC1. The third-order valence-corrected chi connectivity index (χ3v) is 10.7. The lowest BCUT2D eigenvalue weighted by Gasteiger charge is -2.40. The van der Waals surface area contributed by atoms with E-state index < -0.39 is 11.3 Å². The molecule has 5 rings (SSSR count). The molecule has 2 fully saturated rings. The maximum atomic E-state index is 13.7. The molecule has 51 heavy (non-hydrogen) atoms. The molecule has 1 aliphatic heterocycles. The van der Waals surface area contributed by atoms with Crippen LogP contribution in [0.2, 0.25) is 0 Å². The zero-order chi connectivity index (χ0) is 38.2. The molecule has 270 valence electrons. The number of terminal acetylenes is 1. The summed E-state index contributed by atoms with van der Waals surface area (Å²) in [5.74, 6) is 12.8. The summed E-state index contributed by atoms with van der Waals surface area (Å²) < 4.78 is 0. The Morgan fingerprint density at radius 1 is 1.12 bits per heavy atom. The number of benzene rings is 2. The van der Waals surface area contributed by atoms with Crippen molar-refractivity contribution in [1.29, 1.82) is 5.26 Å². The minimum absolute atomic E-state index is 0.0725. The van der Waals surface area contributed by atoms with Gasteiger partial charge < -0.3 is 33.0 Å². The van der Waals surface area contributed by atoms with E-state index in [9.17, 15) is 14.9 Å². The Hall–Kier alpha value is -5.36. The third kappa shape index (κ3) is 8.34. The average Bonchev–Trinajstić information content (AvgIpc) is 3.58. The van der Waals surface area contributed by atoms with Crippen LogP contribution in [0, 0.1) is 42.9 Å². The van der Waals surface area contributed by atoms with Crippen molar-refractivity contribution >= 4 is 17.6 Å². The predicted molar refractivity (Wildman–Crippen MR) is 204 cm³/mol. The maximum absolute atomic E-state index is 13.7. The molecule has 2 aliphatic carbocycles. The standard InChI is InChI=1S/C33H42N8O2.C5H9N.C2H2/c1-18-5-8-22(9-6-18)28(38-17-29(42)41-25(16-34)14-26-20(3)30(26)41)15-33(32(39-36)40-37)21(4)19(2)7-10-23-13-24(31(35)43)11-12-27(23)33;1-4(2)5(3)6;1-2/h5-6,8-9,11-13,20,25-26,28,30,38H,7,10,14-15,17,36-37H2,1-4H3,(H2,35,43)(H,39,40);1,3,6H2,2H3;1-2H/t20?,25?,26?,28-,30?,33?;;/m0../s1. The third-order valence-electron chi connectivity index (χ3n) is 10.7. The number of amides is 2. The Labute approximate surface area is 302 Å². The highest BCUT2D eigenvalue weighted by molar-refractivity contribution is 5.98. The lowest BCUT2D eigenvalue weighted by atomic mass is 9.66. The molecule has 0 bridgehead atoms. The smallest absolute Gasteiger partial charge is 0.248 e. The summed E-state index contributed by atoms with van der Waals surface area (Å²) in [4.78, 5) is 27.6. The molecular weight excluding hydrogens is 639 g/mol. The number of primary amides is 1. The van der Waals surface area contributed by atoms with Gasteiger partial charge in [0.05, 0.1) is 18.0 Å². The highest BCUT2D eigenvalue weighted by Crippen LogP contribution is 2.53. The Kier molecular flexibility index (Phi) is 13.4. The lowest BCUT2D eigenvalue weighted by Crippen LogP contribution is -2.52. The maximum Gasteiger partial charge on any atom is 0.248 e. The molecule has 2 aromatic rings. The van der Waals surface area contributed by atoms with E-state index in [-0.39, 0.29) is 30.6 Å². The molecule has 2 aromatic carbocycles. The molecule has 11 heteroatoms. The first-order valence-corrected chi connectivity index (χ1v) is 17.0. The van der Waals surface area contributed by atoms with Crippen LogP contribution in [-0.2, 0) is 16.6 Å². The monoisotopic (exact) mass is 691 g/mol. The van der Waals surface area contributed by atoms with Gasteiger partial charge in [0.25, 0.3) is 0 Å². The van der Waals surface area contributed by atoms with E-state index in [4.69, 9.17) is 23.2 Å². The molecule has 0 aromatic heterocycles. The number of likely N-dealkylation sites (tertiary alicyclic amines) is 1. The van der Waals surface area contributed by atoms with E-state index in [0.29, 0.717) is 41.8 Å². The van der Waals surface area contributed by atoms with E-state index in [1.807, 2.05) is 26.0 Å². The number of nitrogens with one attached hydrogen (secondary N) is 2. The van der Waals surface area contributed by atoms with Crippen molar-refractivity contribution in [3.63, 3.8) is 0 Å². The van der Waals surface area contributed by atoms with Crippen molar-refractivity contribution in [3.05, 3.63) is 106 Å². The molecule has 1 heterocycles. The first-order valence-electron chi connectivity index (χ1n) is 17.0. The quantitative estimate of drug-likeness (QED) is 0.0429. The summed E-state index contributed by atoms with van der Waals surface area (Å²) >= 11 is 0. The minimum atomic E-state index is -0.903. The summed E-state index contributed by atoms with van der Waals surface area (Å²) in [6.45, 7) is 17.2. The summed E-state index contributed by atoms with van der Waals surface area (Å²) in [6.07, 6.45) is 10.7. The summed E-state index contributed by atoms with van der Waals surface area (Å²) in [7, 11) is 0. The van der Waals surface area contributed by atoms with Crippen LogP contribution in [0.15, 0.2) is 83.1 Å². The second-order valence-corrected chi connectivity index (χ2v) is 13.7. The zero-order valence-corrected chi connectivity index (χ0v) is 30.5. The van der Waals surface area contributed by atoms with E-state index in [1.165, 1.54) is 0 Å². The van der Waals surface area contributed by atoms with Gasteiger partial charge in [-0.25, -0.2) is 5.84 Å². The van der Waals surface area contributed by atoms with Gasteiger partial charge in [-0.2, -0.15) is 10.4 Å². The van der Waals surface area contributed by atoms with Gasteiger partial charge in [0.2, 0.25) is 11.8 Å². The molecule has 11 nitrogen and oxygen atoms in total. The van der Waals surface area contributed by atoms with Gasteiger partial charge in [-0.15, -0.1) is 12.8 Å². The number of amidine groups is 1. The average molecular weight is 692 g/mol. The molecule has 3 aliphatic rings. The van der Waals surface area contributed by atoms with Crippen molar-refractivity contribution in [1.82, 2.24) is 15.6 Å². The molecule has 1 saturated heterocycles. The Morgan fingerprint density at radius 2 is 1.75 bits per heavy atom. The van der Waals surface area contributed by atoms with Crippen molar-refractivity contribution in [3.8, 4) is 18.9 Å². The fourth-order valence-corrected chi connectivity index (χ4v) is 7.47. The number of hydrogen-bond donors (Lipinski definition) is 6. The number of allylic oxidation sites excluding steroid dienone is 2. The van der Waals surface area contributed by atoms with Gasteiger partial charge in [-0.1, -0.05) is 67.1 Å². The van der Waals surface area contributed by atoms with Gasteiger partial charge in [-0.3, -0.25) is 9.59 Å². The fourth-order valence-electron chi connectivity index (χ4n) is 7.47. The number of carbonyl (C=O) groups excluding carboxylic acids is 2. The first kappa shape index (κ1) is 40.1. The van der Waals surface area contributed by atoms with Crippen molar-refractivity contribution < 1.29 is 9.59 Å². The molecular formula is C40H53N9O2. The number of hydrogen-bond acceptors (Lipinski definition) is 8. The first-order chi connectivity index (χ1) is 24.2. The van der Waals surface area contributed by atoms with Gasteiger partial charge in [0, 0.05) is 23.3 Å². The number of hydrazine groups is 1. The number of fused-ring (bicyclic) bond motifs is 2. The van der Waals surface area contributed by atoms with Gasteiger partial charge >= 0.3 is 0 Å². The van der Waals surface area contributed by atoms with Gasteiger partial charge in [0.15, 0.2) is 5.84 Å². The topological polar surface area (TPSA) is 202 Å². The number of aryl methyl sites for hydroxylation is 2. The van der Waals surface area contributed by atoms with Crippen LogP contribution in [0.3, 0.4) is 0 Å². The number of piperidine rings is 1. The molecule has 2 amide bonds. The van der Waals surface area contributed by atoms with E-state index in [2.05, 4.69) is 93.0 Å². The summed E-state index contributed by atoms with van der Waals surface area (Å²) in [5, 5.41) is 17.5. The number of rotatable bonds is 9. The van der Waals surface area contributed by atoms with E-state index >= 15 is 0 Å².